The van der Waals surface area contributed by atoms with Gasteiger partial charge in [-0.2, -0.15) is 0 Å². The zero-order valence-corrected chi connectivity index (χ0v) is 12.4. The molecule has 0 saturated heterocycles. The second kappa shape index (κ2) is 6.53. The predicted molar refractivity (Wildman–Crippen MR) is 78.0 cm³/mol. The lowest BCUT2D eigenvalue weighted by atomic mass is 10.1. The summed E-state index contributed by atoms with van der Waals surface area (Å²) in [7, 11) is -4.14. The van der Waals surface area contributed by atoms with E-state index in [2.05, 4.69) is 4.72 Å². The van der Waals surface area contributed by atoms with Gasteiger partial charge in [-0.25, -0.2) is 17.5 Å². The maximum absolute atomic E-state index is 13.8. The average Bonchev–Trinajstić information content (AvgIpc) is 2.48. The second-order valence-corrected chi connectivity index (χ2v) is 6.41. The Hall–Kier alpha value is -1.47. The van der Waals surface area contributed by atoms with Gasteiger partial charge in [0.2, 0.25) is 10.0 Å². The zero-order chi connectivity index (χ0) is 15.5. The normalized spacial score (nSPS) is 13.1. The summed E-state index contributed by atoms with van der Waals surface area (Å²) in [5.74, 6) is -1.02. The summed E-state index contributed by atoms with van der Waals surface area (Å²) in [5.41, 5.74) is 0.575. The lowest BCUT2D eigenvalue weighted by Crippen LogP contribution is -2.31. The molecule has 2 aromatic carbocycles. The zero-order valence-electron chi connectivity index (χ0n) is 10.8. The molecule has 0 aliphatic heterocycles. The molecular formula is C14H13ClFNO3S. The van der Waals surface area contributed by atoms with Gasteiger partial charge in [-0.3, -0.25) is 0 Å². The largest absolute Gasteiger partial charge is 0.394 e. The number of aliphatic hydroxyl groups excluding tert-OH is 1. The minimum absolute atomic E-state index is 0.280. The van der Waals surface area contributed by atoms with E-state index in [1.165, 1.54) is 12.1 Å². The number of benzene rings is 2. The van der Waals surface area contributed by atoms with Crippen LogP contribution in [0, 0.1) is 5.82 Å². The van der Waals surface area contributed by atoms with Crippen LogP contribution in [0.1, 0.15) is 11.6 Å². The van der Waals surface area contributed by atoms with Crippen molar-refractivity contribution in [2.75, 3.05) is 6.61 Å². The SMILES string of the molecule is O=S(=O)(NC(CO)c1ccccc1)c1cccc(Cl)c1F. The third kappa shape index (κ3) is 3.59. The molecule has 0 bridgehead atoms. The highest BCUT2D eigenvalue weighted by molar-refractivity contribution is 7.89. The van der Waals surface area contributed by atoms with E-state index in [0.29, 0.717) is 5.56 Å². The summed E-state index contributed by atoms with van der Waals surface area (Å²) in [6.07, 6.45) is 0. The Kier molecular flexibility index (Phi) is 4.95. The third-order valence-corrected chi connectivity index (χ3v) is 4.67. The number of sulfonamides is 1. The number of rotatable bonds is 5. The molecule has 112 valence electrons. The van der Waals surface area contributed by atoms with Crippen molar-refractivity contribution in [2.24, 2.45) is 0 Å². The van der Waals surface area contributed by atoms with E-state index in [-0.39, 0.29) is 5.02 Å². The molecule has 0 spiro atoms. The van der Waals surface area contributed by atoms with E-state index in [9.17, 15) is 17.9 Å². The first-order valence-corrected chi connectivity index (χ1v) is 7.94. The van der Waals surface area contributed by atoms with Gasteiger partial charge in [0.05, 0.1) is 17.7 Å². The van der Waals surface area contributed by atoms with E-state index in [4.69, 9.17) is 11.6 Å². The van der Waals surface area contributed by atoms with Crippen LogP contribution in [0.3, 0.4) is 0 Å². The second-order valence-electron chi connectivity index (χ2n) is 4.32. The van der Waals surface area contributed by atoms with Crippen molar-refractivity contribution >= 4 is 21.6 Å². The molecule has 0 aliphatic rings. The molecule has 0 heterocycles. The number of hydrogen-bond acceptors (Lipinski definition) is 3. The van der Waals surface area contributed by atoms with Crippen LogP contribution in [0.4, 0.5) is 4.39 Å². The smallest absolute Gasteiger partial charge is 0.244 e. The Morgan fingerprint density at radius 2 is 1.81 bits per heavy atom. The van der Waals surface area contributed by atoms with Crippen LogP contribution in [0.5, 0.6) is 0 Å². The molecular weight excluding hydrogens is 317 g/mol. The molecule has 0 aliphatic carbocycles. The molecule has 0 fully saturated rings. The Balaban J connectivity index is 2.34. The monoisotopic (exact) mass is 329 g/mol. The Morgan fingerprint density at radius 1 is 1.14 bits per heavy atom. The highest BCUT2D eigenvalue weighted by atomic mass is 35.5. The first kappa shape index (κ1) is 15.9. The fourth-order valence-corrected chi connectivity index (χ4v) is 3.38. The molecule has 0 saturated carbocycles. The van der Waals surface area contributed by atoms with Crippen LogP contribution in [0.2, 0.25) is 5.02 Å². The standard InChI is InChI=1S/C14H13ClFNO3S/c15-11-7-4-8-13(14(11)16)21(19,20)17-12(9-18)10-5-2-1-3-6-10/h1-8,12,17-18H,9H2. The molecule has 21 heavy (non-hydrogen) atoms. The van der Waals surface area contributed by atoms with Crippen LogP contribution in [-0.4, -0.2) is 20.1 Å². The average molecular weight is 330 g/mol. The molecule has 2 aromatic rings. The fraction of sp³-hybridized carbons (Fsp3) is 0.143. The van der Waals surface area contributed by atoms with Gasteiger partial charge in [0.1, 0.15) is 4.90 Å². The van der Waals surface area contributed by atoms with Crippen molar-refractivity contribution < 1.29 is 17.9 Å². The van der Waals surface area contributed by atoms with Crippen LogP contribution < -0.4 is 4.72 Å². The first-order valence-electron chi connectivity index (χ1n) is 6.08. The number of halogens is 2. The molecule has 0 aromatic heterocycles. The first-order chi connectivity index (χ1) is 9.95. The van der Waals surface area contributed by atoms with Crippen molar-refractivity contribution in [1.82, 2.24) is 4.72 Å². The number of nitrogens with one attached hydrogen (secondary N) is 1. The van der Waals surface area contributed by atoms with E-state index >= 15 is 0 Å². The summed E-state index contributed by atoms with van der Waals surface area (Å²) >= 11 is 5.59. The van der Waals surface area contributed by atoms with Crippen LogP contribution in [-0.2, 0) is 10.0 Å². The fourth-order valence-electron chi connectivity index (χ4n) is 1.84. The summed E-state index contributed by atoms with van der Waals surface area (Å²) in [6.45, 7) is -0.453. The summed E-state index contributed by atoms with van der Waals surface area (Å²) in [6, 6.07) is 11.4. The molecule has 0 amide bonds. The highest BCUT2D eigenvalue weighted by Gasteiger charge is 2.24. The van der Waals surface area contributed by atoms with Crippen LogP contribution in [0.25, 0.3) is 0 Å². The molecule has 0 radical (unpaired) electrons. The van der Waals surface area contributed by atoms with Gasteiger partial charge in [0.15, 0.2) is 5.82 Å². The van der Waals surface area contributed by atoms with Gasteiger partial charge >= 0.3 is 0 Å². The predicted octanol–water partition coefficient (Wildman–Crippen LogP) is 2.49. The molecule has 2 rings (SSSR count). The van der Waals surface area contributed by atoms with Gasteiger partial charge in [0.25, 0.3) is 0 Å². The molecule has 1 unspecified atom stereocenters. The lowest BCUT2D eigenvalue weighted by Gasteiger charge is -2.17. The van der Waals surface area contributed by atoms with Crippen LogP contribution in [0.15, 0.2) is 53.4 Å². The van der Waals surface area contributed by atoms with Gasteiger partial charge in [-0.15, -0.1) is 0 Å². The molecule has 1 atom stereocenters. The van der Waals surface area contributed by atoms with E-state index in [1.54, 1.807) is 30.3 Å². The van der Waals surface area contributed by atoms with Crippen molar-refractivity contribution in [3.8, 4) is 0 Å². The summed E-state index contributed by atoms with van der Waals surface area (Å²) in [5, 5.41) is 9.09. The minimum atomic E-state index is -4.14. The Morgan fingerprint density at radius 3 is 2.43 bits per heavy atom. The minimum Gasteiger partial charge on any atom is -0.394 e. The topological polar surface area (TPSA) is 66.4 Å². The van der Waals surface area contributed by atoms with Crippen molar-refractivity contribution in [1.29, 1.82) is 0 Å². The van der Waals surface area contributed by atoms with Crippen molar-refractivity contribution in [3.05, 3.63) is 64.9 Å². The summed E-state index contributed by atoms with van der Waals surface area (Å²) < 4.78 is 40.6. The van der Waals surface area contributed by atoms with Gasteiger partial charge in [0, 0.05) is 0 Å². The maximum atomic E-state index is 13.8. The van der Waals surface area contributed by atoms with E-state index in [1.807, 2.05) is 0 Å². The maximum Gasteiger partial charge on any atom is 0.244 e. The molecule has 2 N–H and O–H groups in total. The van der Waals surface area contributed by atoms with E-state index < -0.39 is 33.4 Å². The summed E-state index contributed by atoms with van der Waals surface area (Å²) in [4.78, 5) is -0.551. The Labute approximate surface area is 127 Å². The van der Waals surface area contributed by atoms with Gasteiger partial charge in [-0.1, -0.05) is 48.0 Å². The highest BCUT2D eigenvalue weighted by Crippen LogP contribution is 2.23. The molecule has 4 nitrogen and oxygen atoms in total. The number of aliphatic hydroxyl groups is 1. The quantitative estimate of drug-likeness (QED) is 0.885. The number of hydrogen-bond donors (Lipinski definition) is 2. The van der Waals surface area contributed by atoms with E-state index in [0.717, 1.165) is 6.07 Å². The Bertz CT molecular complexity index is 722. The lowest BCUT2D eigenvalue weighted by molar-refractivity contribution is 0.258. The van der Waals surface area contributed by atoms with Crippen molar-refractivity contribution in [2.45, 2.75) is 10.9 Å². The van der Waals surface area contributed by atoms with Gasteiger partial charge in [-0.05, 0) is 17.7 Å². The van der Waals surface area contributed by atoms with Crippen LogP contribution >= 0.6 is 11.6 Å². The third-order valence-electron chi connectivity index (χ3n) is 2.89. The molecule has 7 heteroatoms. The van der Waals surface area contributed by atoms with Crippen molar-refractivity contribution in [3.63, 3.8) is 0 Å². The van der Waals surface area contributed by atoms with Gasteiger partial charge < -0.3 is 5.11 Å².